The number of hydrogen-bond donors (Lipinski definition) is 2. The van der Waals surface area contributed by atoms with Crippen LogP contribution in [0.15, 0.2) is 97.3 Å². The number of thiophene rings is 1. The minimum atomic E-state index is -0.259. The molecule has 56 heavy (non-hydrogen) atoms. The Bertz CT molecular complexity index is 2280. The van der Waals surface area contributed by atoms with Gasteiger partial charge >= 0.3 is 0 Å². The highest BCUT2D eigenvalue weighted by Crippen LogP contribution is 2.44. The lowest BCUT2D eigenvalue weighted by Crippen LogP contribution is -2.58. The minimum Gasteiger partial charge on any atom is -0.381 e. The number of aldehydes is 1. The van der Waals surface area contributed by atoms with Gasteiger partial charge in [0, 0.05) is 85.8 Å². The molecule has 3 aliphatic rings. The topological polar surface area (TPSA) is 103 Å². The van der Waals surface area contributed by atoms with Crippen molar-refractivity contribution in [3.8, 4) is 32.4 Å². The van der Waals surface area contributed by atoms with Crippen molar-refractivity contribution in [2.24, 2.45) is 5.41 Å². The van der Waals surface area contributed by atoms with Crippen molar-refractivity contribution in [2.45, 2.75) is 33.1 Å². The number of hydrogen-bond acceptors (Lipinski definition) is 8. The van der Waals surface area contributed by atoms with E-state index in [0.717, 1.165) is 89.5 Å². The number of benzene rings is 3. The van der Waals surface area contributed by atoms with Crippen LogP contribution in [0.3, 0.4) is 0 Å². The molecule has 1 amide bonds. The molecule has 288 valence electrons. The quantitative estimate of drug-likeness (QED) is 0.169. The summed E-state index contributed by atoms with van der Waals surface area (Å²) in [4.78, 5) is 39.9. The average molecular weight is 775 g/mol. The van der Waals surface area contributed by atoms with Gasteiger partial charge in [-0.2, -0.15) is 0 Å². The van der Waals surface area contributed by atoms with Gasteiger partial charge in [-0.15, -0.1) is 11.3 Å². The zero-order chi connectivity index (χ0) is 39.2. The van der Waals surface area contributed by atoms with Crippen LogP contribution in [0, 0.1) is 24.0 Å². The van der Waals surface area contributed by atoms with E-state index in [1.165, 1.54) is 49.1 Å². The third-order valence-corrected chi connectivity index (χ3v) is 11.5. The number of imidazole rings is 1. The lowest BCUT2D eigenvalue weighted by atomic mass is 9.73. The number of aryl methyl sites for hydroxylation is 1. The van der Waals surface area contributed by atoms with Crippen molar-refractivity contribution in [2.75, 3.05) is 55.0 Å². The number of anilines is 3. The molecule has 2 N–H and O–H groups in total. The van der Waals surface area contributed by atoms with E-state index < -0.39 is 0 Å². The summed E-state index contributed by atoms with van der Waals surface area (Å²) in [5.74, 6) is 1.32. The lowest BCUT2D eigenvalue weighted by Gasteiger charge is -2.52. The SMILES string of the molecule is CC(=O)Nc1ccc(C=O)cc1.CN1CCc2cc(-c3ncc(-c4ccc(F)cc4)[nH]3)sc2-c2ccc(F)cc21.Cc1ccc(N2CC3(CCOCC3)C2)nc1. The Morgan fingerprint density at radius 2 is 1.66 bits per heavy atom. The molecular formula is C44H44F2N6O3S. The summed E-state index contributed by atoms with van der Waals surface area (Å²) in [5, 5.41) is 2.60. The summed E-state index contributed by atoms with van der Waals surface area (Å²) >= 11 is 1.66. The van der Waals surface area contributed by atoms with Crippen molar-refractivity contribution in [3.63, 3.8) is 0 Å². The van der Waals surface area contributed by atoms with Gasteiger partial charge in [-0.05, 0) is 122 Å². The molecule has 0 atom stereocenters. The van der Waals surface area contributed by atoms with Crippen LogP contribution in [-0.4, -0.2) is 67.0 Å². The smallest absolute Gasteiger partial charge is 0.221 e. The molecule has 2 fully saturated rings. The third kappa shape index (κ3) is 9.04. The van der Waals surface area contributed by atoms with E-state index in [9.17, 15) is 18.4 Å². The van der Waals surface area contributed by atoms with Crippen LogP contribution in [0.2, 0.25) is 0 Å². The largest absolute Gasteiger partial charge is 0.381 e. The molecule has 0 saturated carbocycles. The highest BCUT2D eigenvalue weighted by atomic mass is 32.1. The van der Waals surface area contributed by atoms with Gasteiger partial charge in [-0.3, -0.25) is 9.59 Å². The summed E-state index contributed by atoms with van der Waals surface area (Å²) in [6.45, 7) is 8.54. The standard InChI is InChI=1S/C22H17F2N3S.C13H18N2O.C9H9NO2/c1-27-9-8-14-10-20(28-21(14)17-7-6-16(24)11-19(17)27)22-25-12-18(26-22)13-2-4-15(23)5-3-13;1-11-2-3-12(14-8-11)15-9-13(10-15)4-6-16-7-5-13;1-7(12)10-9-4-2-8(6-11)3-5-9/h2-7,10-12H,8-9H2,1H3,(H,25,26);2-3,8H,4-7,9-10H2,1H3;2-6H,1H3,(H,10,12). The molecule has 12 heteroatoms. The number of carbonyl (C=O) groups is 2. The first-order chi connectivity index (χ1) is 27.1. The second-order valence-electron chi connectivity index (χ2n) is 14.5. The maximum atomic E-state index is 13.8. The number of likely N-dealkylation sites (N-methyl/N-ethyl adjacent to an activating group) is 1. The van der Waals surface area contributed by atoms with Crippen LogP contribution in [0.25, 0.3) is 32.4 Å². The van der Waals surface area contributed by atoms with E-state index >= 15 is 0 Å². The molecule has 9 nitrogen and oxygen atoms in total. The van der Waals surface area contributed by atoms with Crippen molar-refractivity contribution in [1.82, 2.24) is 15.0 Å². The normalized spacial score (nSPS) is 15.2. The van der Waals surface area contributed by atoms with Crippen LogP contribution in [-0.2, 0) is 16.0 Å². The molecule has 0 bridgehead atoms. The molecular weight excluding hydrogens is 731 g/mol. The first-order valence-corrected chi connectivity index (χ1v) is 19.4. The van der Waals surface area contributed by atoms with E-state index in [0.29, 0.717) is 16.7 Å². The Balaban J connectivity index is 0.000000145. The lowest BCUT2D eigenvalue weighted by molar-refractivity contribution is -0.114. The zero-order valence-corrected chi connectivity index (χ0v) is 32.5. The predicted molar refractivity (Wildman–Crippen MR) is 219 cm³/mol. The molecule has 3 aromatic carbocycles. The number of rotatable bonds is 5. The monoisotopic (exact) mass is 774 g/mol. The summed E-state index contributed by atoms with van der Waals surface area (Å²) in [5.41, 5.74) is 8.02. The van der Waals surface area contributed by atoms with Crippen molar-refractivity contribution in [1.29, 1.82) is 0 Å². The maximum Gasteiger partial charge on any atom is 0.221 e. The van der Waals surface area contributed by atoms with Crippen LogP contribution < -0.4 is 15.1 Å². The summed E-state index contributed by atoms with van der Waals surface area (Å²) in [7, 11) is 2.00. The number of ether oxygens (including phenoxy) is 1. The summed E-state index contributed by atoms with van der Waals surface area (Å²) in [6.07, 6.45) is 7.81. The molecule has 0 unspecified atom stereocenters. The Labute approximate surface area is 329 Å². The molecule has 9 rings (SSSR count). The fourth-order valence-electron chi connectivity index (χ4n) is 7.14. The van der Waals surface area contributed by atoms with Gasteiger partial charge in [-0.1, -0.05) is 6.07 Å². The molecule has 2 saturated heterocycles. The minimum absolute atomic E-state index is 0.117. The van der Waals surface area contributed by atoms with E-state index in [-0.39, 0.29) is 17.5 Å². The number of carbonyl (C=O) groups excluding carboxylic acids is 2. The second kappa shape index (κ2) is 17.0. The Hall–Kier alpha value is -5.72. The van der Waals surface area contributed by atoms with Gasteiger partial charge in [0.25, 0.3) is 0 Å². The molecule has 6 heterocycles. The van der Waals surface area contributed by atoms with Crippen molar-refractivity contribution < 1.29 is 23.1 Å². The van der Waals surface area contributed by atoms with Gasteiger partial charge in [-0.25, -0.2) is 18.7 Å². The molecule has 0 radical (unpaired) electrons. The van der Waals surface area contributed by atoms with Crippen LogP contribution >= 0.6 is 11.3 Å². The summed E-state index contributed by atoms with van der Waals surface area (Å²) < 4.78 is 32.4. The van der Waals surface area contributed by atoms with Gasteiger partial charge in [0.1, 0.15) is 29.6 Å². The highest BCUT2D eigenvalue weighted by molar-refractivity contribution is 7.19. The first-order valence-electron chi connectivity index (χ1n) is 18.6. The van der Waals surface area contributed by atoms with Crippen LogP contribution in [0.4, 0.5) is 26.0 Å². The molecule has 1 spiro atoms. The van der Waals surface area contributed by atoms with E-state index in [4.69, 9.17) is 4.74 Å². The van der Waals surface area contributed by atoms with E-state index in [1.807, 2.05) is 19.3 Å². The Morgan fingerprint density at radius 3 is 2.34 bits per heavy atom. The number of fused-ring (bicyclic) bond motifs is 3. The highest BCUT2D eigenvalue weighted by Gasteiger charge is 2.44. The molecule has 3 aromatic heterocycles. The number of amides is 1. The summed E-state index contributed by atoms with van der Waals surface area (Å²) in [6, 6.07) is 24.4. The molecule has 0 aliphatic carbocycles. The number of pyridine rings is 1. The zero-order valence-electron chi connectivity index (χ0n) is 31.6. The first kappa shape index (κ1) is 38.6. The number of aromatic nitrogens is 3. The van der Waals surface area contributed by atoms with Crippen LogP contribution in [0.5, 0.6) is 0 Å². The fourth-order valence-corrected chi connectivity index (χ4v) is 8.34. The number of nitrogens with one attached hydrogen (secondary N) is 2. The van der Waals surface area contributed by atoms with E-state index in [1.54, 1.807) is 60.0 Å². The maximum absolute atomic E-state index is 13.8. The van der Waals surface area contributed by atoms with Crippen LogP contribution in [0.1, 0.15) is 41.3 Å². The average Bonchev–Trinajstić information content (AvgIpc) is 3.83. The Morgan fingerprint density at radius 1 is 0.929 bits per heavy atom. The molecule has 6 aromatic rings. The number of aromatic amines is 1. The van der Waals surface area contributed by atoms with Gasteiger partial charge in [0.2, 0.25) is 5.91 Å². The van der Waals surface area contributed by atoms with E-state index in [2.05, 4.69) is 55.2 Å². The number of nitrogens with zero attached hydrogens (tertiary/aromatic N) is 4. The number of H-pyrrole nitrogens is 1. The van der Waals surface area contributed by atoms with Crippen molar-refractivity contribution >= 4 is 40.7 Å². The number of halogens is 2. The predicted octanol–water partition coefficient (Wildman–Crippen LogP) is 9.21. The fraction of sp³-hybridized carbons (Fsp3) is 0.273. The Kier molecular flexibility index (Phi) is 11.7. The van der Waals surface area contributed by atoms with Gasteiger partial charge < -0.3 is 24.8 Å². The van der Waals surface area contributed by atoms with Gasteiger partial charge in [0.15, 0.2) is 0 Å². The second-order valence-corrected chi connectivity index (χ2v) is 15.6. The molecule has 3 aliphatic heterocycles. The van der Waals surface area contributed by atoms with Gasteiger partial charge in [0.05, 0.1) is 16.8 Å². The third-order valence-electron chi connectivity index (χ3n) is 10.3. The van der Waals surface area contributed by atoms with Crippen molar-refractivity contribution in [3.05, 3.63) is 126 Å².